The van der Waals surface area contributed by atoms with Crippen molar-refractivity contribution < 1.29 is 14.7 Å². The number of aliphatic carboxylic acids is 1. The number of carbonyl (C=O) groups excluding carboxylic acids is 1. The molecule has 18 heavy (non-hydrogen) atoms. The van der Waals surface area contributed by atoms with Crippen LogP contribution in [0.3, 0.4) is 0 Å². The van der Waals surface area contributed by atoms with Gasteiger partial charge in [0.05, 0.1) is 6.04 Å². The predicted octanol–water partition coefficient (Wildman–Crippen LogP) is 0.990. The van der Waals surface area contributed by atoms with E-state index in [1.165, 1.54) is 0 Å². The largest absolute Gasteiger partial charge is 0.480 e. The van der Waals surface area contributed by atoms with E-state index in [9.17, 15) is 9.59 Å². The van der Waals surface area contributed by atoms with Crippen LogP contribution in [0.2, 0.25) is 0 Å². The van der Waals surface area contributed by atoms with Crippen LogP contribution in [0.1, 0.15) is 40.0 Å². The molecule has 0 bridgehead atoms. The number of piperidine rings is 1. The lowest BCUT2D eigenvalue weighted by Gasteiger charge is -2.30. The van der Waals surface area contributed by atoms with Crippen molar-refractivity contribution in [1.29, 1.82) is 0 Å². The van der Waals surface area contributed by atoms with Crippen LogP contribution in [0.4, 0.5) is 0 Å². The summed E-state index contributed by atoms with van der Waals surface area (Å²) in [5, 5.41) is 14.9. The lowest BCUT2D eigenvalue weighted by atomic mass is 9.91. The summed E-state index contributed by atoms with van der Waals surface area (Å²) in [4.78, 5) is 23.2. The molecule has 1 rings (SSSR count). The Morgan fingerprint density at radius 3 is 2.61 bits per heavy atom. The molecule has 0 aromatic heterocycles. The zero-order chi connectivity index (χ0) is 13.7. The van der Waals surface area contributed by atoms with E-state index in [2.05, 4.69) is 10.6 Å². The van der Waals surface area contributed by atoms with E-state index in [-0.39, 0.29) is 23.8 Å². The number of carboxylic acids is 1. The lowest BCUT2D eigenvalue weighted by molar-refractivity contribution is -0.142. The summed E-state index contributed by atoms with van der Waals surface area (Å²) in [6.45, 7) is 6.74. The van der Waals surface area contributed by atoms with E-state index < -0.39 is 12.0 Å². The molecule has 1 saturated heterocycles. The molecular formula is C13H24N2O3. The highest BCUT2D eigenvalue weighted by Crippen LogP contribution is 2.16. The van der Waals surface area contributed by atoms with Gasteiger partial charge in [-0.15, -0.1) is 0 Å². The molecule has 1 aliphatic rings. The van der Waals surface area contributed by atoms with Crippen molar-refractivity contribution in [2.45, 2.75) is 52.1 Å². The maximum absolute atomic E-state index is 12.1. The second-order valence-corrected chi connectivity index (χ2v) is 5.58. The molecule has 0 saturated carbocycles. The third-order valence-corrected chi connectivity index (χ3v) is 3.37. The quantitative estimate of drug-likeness (QED) is 0.685. The predicted molar refractivity (Wildman–Crippen MR) is 69.2 cm³/mol. The molecule has 1 aliphatic heterocycles. The Hall–Kier alpha value is -1.10. The number of rotatable bonds is 5. The molecular weight excluding hydrogens is 232 g/mol. The van der Waals surface area contributed by atoms with Crippen LogP contribution in [0.5, 0.6) is 0 Å². The first-order valence-corrected chi connectivity index (χ1v) is 6.68. The van der Waals surface area contributed by atoms with Crippen molar-refractivity contribution in [3.8, 4) is 0 Å². The van der Waals surface area contributed by atoms with Crippen LogP contribution in [0.25, 0.3) is 0 Å². The van der Waals surface area contributed by atoms with Gasteiger partial charge in [0, 0.05) is 0 Å². The molecule has 5 heteroatoms. The molecule has 104 valence electrons. The molecule has 0 radical (unpaired) electrons. The number of hydrogen-bond donors (Lipinski definition) is 3. The summed E-state index contributed by atoms with van der Waals surface area (Å²) >= 11 is 0. The second-order valence-electron chi connectivity index (χ2n) is 5.58. The van der Waals surface area contributed by atoms with E-state index in [0.29, 0.717) is 6.42 Å². The summed E-state index contributed by atoms with van der Waals surface area (Å²) < 4.78 is 0. The van der Waals surface area contributed by atoms with Gasteiger partial charge in [-0.3, -0.25) is 4.79 Å². The number of carbonyl (C=O) groups is 2. The van der Waals surface area contributed by atoms with E-state index in [4.69, 9.17) is 5.11 Å². The van der Waals surface area contributed by atoms with Gasteiger partial charge in [0.25, 0.3) is 0 Å². The van der Waals surface area contributed by atoms with Crippen molar-refractivity contribution in [3.05, 3.63) is 0 Å². The van der Waals surface area contributed by atoms with Gasteiger partial charge in [0.1, 0.15) is 6.04 Å². The van der Waals surface area contributed by atoms with Crippen molar-refractivity contribution in [1.82, 2.24) is 10.6 Å². The number of hydrogen-bond acceptors (Lipinski definition) is 3. The summed E-state index contributed by atoms with van der Waals surface area (Å²) in [5.41, 5.74) is 0. The average molecular weight is 256 g/mol. The van der Waals surface area contributed by atoms with Gasteiger partial charge in [-0.05, 0) is 37.6 Å². The van der Waals surface area contributed by atoms with Crippen LogP contribution in [0.15, 0.2) is 0 Å². The third kappa shape index (κ3) is 4.29. The molecule has 0 aromatic carbocycles. The topological polar surface area (TPSA) is 78.4 Å². The highest BCUT2D eigenvalue weighted by Gasteiger charge is 2.30. The number of carboxylic acid groups (broad SMARTS) is 1. The minimum atomic E-state index is -0.958. The van der Waals surface area contributed by atoms with E-state index >= 15 is 0 Å². The molecule has 3 N–H and O–H groups in total. The summed E-state index contributed by atoms with van der Waals surface area (Å²) in [5.74, 6) is -0.647. The molecule has 2 unspecified atom stereocenters. The summed E-state index contributed by atoms with van der Waals surface area (Å²) in [6, 6.07) is -1.04. The molecule has 0 spiro atoms. The zero-order valence-corrected chi connectivity index (χ0v) is 11.4. The molecule has 3 atom stereocenters. The zero-order valence-electron chi connectivity index (χ0n) is 11.4. The Balaban J connectivity index is 2.57. The summed E-state index contributed by atoms with van der Waals surface area (Å²) in [7, 11) is 0. The maximum Gasteiger partial charge on any atom is 0.326 e. The number of amides is 1. The fourth-order valence-electron chi connectivity index (χ4n) is 2.35. The van der Waals surface area contributed by atoms with Crippen molar-refractivity contribution in [2.24, 2.45) is 11.8 Å². The second kappa shape index (κ2) is 6.73. The Morgan fingerprint density at radius 1 is 1.44 bits per heavy atom. The molecule has 1 amide bonds. The molecule has 1 fully saturated rings. The van der Waals surface area contributed by atoms with Crippen LogP contribution in [-0.4, -0.2) is 35.6 Å². The Morgan fingerprint density at radius 2 is 2.11 bits per heavy atom. The average Bonchev–Trinajstić information content (AvgIpc) is 2.27. The minimum absolute atomic E-state index is 0.185. The first-order valence-electron chi connectivity index (χ1n) is 6.68. The van der Waals surface area contributed by atoms with Gasteiger partial charge in [-0.2, -0.15) is 0 Å². The molecule has 1 heterocycles. The molecule has 0 aliphatic carbocycles. The van der Waals surface area contributed by atoms with E-state index in [1.807, 2.05) is 20.8 Å². The van der Waals surface area contributed by atoms with Crippen molar-refractivity contribution in [2.75, 3.05) is 6.54 Å². The first-order chi connectivity index (χ1) is 8.41. The van der Waals surface area contributed by atoms with E-state index in [1.54, 1.807) is 0 Å². The van der Waals surface area contributed by atoms with Crippen LogP contribution >= 0.6 is 0 Å². The van der Waals surface area contributed by atoms with E-state index in [0.717, 1.165) is 19.4 Å². The first kappa shape index (κ1) is 15.0. The van der Waals surface area contributed by atoms with Gasteiger partial charge < -0.3 is 15.7 Å². The Bertz CT molecular complexity index is 305. The Kier molecular flexibility index (Phi) is 5.59. The van der Waals surface area contributed by atoms with Crippen LogP contribution in [-0.2, 0) is 9.59 Å². The smallest absolute Gasteiger partial charge is 0.326 e. The normalized spacial score (nSPS) is 25.8. The standard InChI is InChI=1S/C13H24N2O3/c1-8(2)7-10(13(17)18)15-12(16)11-9(3)5-4-6-14-11/h8-11,14H,4-7H2,1-3H3,(H,15,16)(H,17,18)/t9?,10-,11?/m0/s1. The Labute approximate surface area is 108 Å². The third-order valence-electron chi connectivity index (χ3n) is 3.37. The van der Waals surface area contributed by atoms with Crippen LogP contribution in [0, 0.1) is 11.8 Å². The van der Waals surface area contributed by atoms with Crippen LogP contribution < -0.4 is 10.6 Å². The van der Waals surface area contributed by atoms with Gasteiger partial charge in [-0.25, -0.2) is 4.79 Å². The van der Waals surface area contributed by atoms with Crippen molar-refractivity contribution in [3.63, 3.8) is 0 Å². The minimum Gasteiger partial charge on any atom is -0.480 e. The van der Waals surface area contributed by atoms with Gasteiger partial charge in [0.2, 0.25) is 5.91 Å². The number of nitrogens with one attached hydrogen (secondary N) is 2. The summed E-state index contributed by atoms with van der Waals surface area (Å²) in [6.07, 6.45) is 2.54. The molecule has 5 nitrogen and oxygen atoms in total. The highest BCUT2D eigenvalue weighted by molar-refractivity contribution is 5.87. The fraction of sp³-hybridized carbons (Fsp3) is 0.846. The fourth-order valence-corrected chi connectivity index (χ4v) is 2.35. The van der Waals surface area contributed by atoms with Gasteiger partial charge >= 0.3 is 5.97 Å². The SMILES string of the molecule is CC(C)C[C@H](NC(=O)C1NCCCC1C)C(=O)O. The van der Waals surface area contributed by atoms with Crippen molar-refractivity contribution >= 4 is 11.9 Å². The monoisotopic (exact) mass is 256 g/mol. The van der Waals surface area contributed by atoms with Gasteiger partial charge in [0.15, 0.2) is 0 Å². The lowest BCUT2D eigenvalue weighted by Crippen LogP contribution is -2.54. The highest BCUT2D eigenvalue weighted by atomic mass is 16.4. The van der Waals surface area contributed by atoms with Gasteiger partial charge in [-0.1, -0.05) is 20.8 Å². The molecule has 0 aromatic rings. The maximum atomic E-state index is 12.1.